The van der Waals surface area contributed by atoms with Gasteiger partial charge in [-0.05, 0) is 58.7 Å². The topological polar surface area (TPSA) is 45.2 Å². The normalized spacial score (nSPS) is 21.5. The number of amides is 1. The second kappa shape index (κ2) is 9.36. The maximum absolute atomic E-state index is 13.2. The standard InChI is InChI=1S/C29H30F3N3O/c1-17(2)27-26-22(16-35(27)15-19-8-10-23(11-9-19)29(30,31)32)13-21(14-33-26)28(36)34-25-18(3)12-20-6-4-5-7-24(20)25/h4-11,13-14,17-18,25,27H,12,15-16H2,1-3H3,(H,34,36)/t18-,25+,27-/m0/s1. The Hall–Kier alpha value is -3.19. The number of rotatable bonds is 5. The van der Waals surface area contributed by atoms with E-state index >= 15 is 0 Å². The van der Waals surface area contributed by atoms with Crippen LogP contribution in [0.3, 0.4) is 0 Å². The Balaban J connectivity index is 1.34. The van der Waals surface area contributed by atoms with E-state index in [2.05, 4.69) is 43.1 Å². The number of benzene rings is 2. The lowest BCUT2D eigenvalue weighted by Gasteiger charge is -2.27. The highest BCUT2D eigenvalue weighted by Crippen LogP contribution is 2.40. The third kappa shape index (κ3) is 4.64. The molecule has 1 N–H and O–H groups in total. The van der Waals surface area contributed by atoms with Crippen LogP contribution >= 0.6 is 0 Å². The van der Waals surface area contributed by atoms with Crippen LogP contribution in [0.2, 0.25) is 0 Å². The zero-order valence-corrected chi connectivity index (χ0v) is 20.6. The van der Waals surface area contributed by atoms with Crippen molar-refractivity contribution in [2.45, 2.75) is 58.5 Å². The van der Waals surface area contributed by atoms with Gasteiger partial charge in [-0.3, -0.25) is 14.7 Å². The molecule has 7 heteroatoms. The molecule has 2 aliphatic rings. The smallest absolute Gasteiger partial charge is 0.345 e. The van der Waals surface area contributed by atoms with Gasteiger partial charge in [-0.15, -0.1) is 0 Å². The summed E-state index contributed by atoms with van der Waals surface area (Å²) in [6.07, 6.45) is -1.75. The first-order valence-corrected chi connectivity index (χ1v) is 12.4. The first-order valence-electron chi connectivity index (χ1n) is 12.4. The molecule has 4 nitrogen and oxygen atoms in total. The van der Waals surface area contributed by atoms with E-state index in [-0.39, 0.29) is 23.9 Å². The molecule has 0 saturated heterocycles. The summed E-state index contributed by atoms with van der Waals surface area (Å²) >= 11 is 0. The van der Waals surface area contributed by atoms with E-state index in [9.17, 15) is 18.0 Å². The van der Waals surface area contributed by atoms with Crippen LogP contribution in [0.25, 0.3) is 0 Å². The van der Waals surface area contributed by atoms with Crippen LogP contribution in [-0.4, -0.2) is 15.8 Å². The number of fused-ring (bicyclic) bond motifs is 2. The molecule has 0 unspecified atom stereocenters. The zero-order chi connectivity index (χ0) is 25.6. The van der Waals surface area contributed by atoms with Crippen LogP contribution < -0.4 is 5.32 Å². The van der Waals surface area contributed by atoms with Gasteiger partial charge in [0.15, 0.2) is 0 Å². The maximum Gasteiger partial charge on any atom is 0.416 e. The molecule has 1 aliphatic carbocycles. The van der Waals surface area contributed by atoms with E-state index in [1.807, 2.05) is 18.2 Å². The first kappa shape index (κ1) is 24.5. The molecule has 1 amide bonds. The van der Waals surface area contributed by atoms with Crippen molar-refractivity contribution in [1.82, 2.24) is 15.2 Å². The quantitative estimate of drug-likeness (QED) is 0.443. The SMILES string of the molecule is CC(C)[C@H]1c2ncc(C(=O)N[C@H]3c4ccccc4C[C@@H]3C)cc2CN1Cc1ccc(C(F)(F)F)cc1. The van der Waals surface area contributed by atoms with Gasteiger partial charge in [0, 0.05) is 19.3 Å². The Morgan fingerprint density at radius 2 is 1.83 bits per heavy atom. The van der Waals surface area contributed by atoms with Crippen LogP contribution in [0.5, 0.6) is 0 Å². The summed E-state index contributed by atoms with van der Waals surface area (Å²) in [5.41, 5.74) is 5.09. The summed E-state index contributed by atoms with van der Waals surface area (Å²) in [7, 11) is 0. The molecule has 36 heavy (non-hydrogen) atoms. The zero-order valence-electron chi connectivity index (χ0n) is 20.6. The summed E-state index contributed by atoms with van der Waals surface area (Å²) < 4.78 is 38.8. The first-order chi connectivity index (χ1) is 17.1. The van der Waals surface area contributed by atoms with E-state index in [4.69, 9.17) is 4.98 Å². The Morgan fingerprint density at radius 1 is 1.11 bits per heavy atom. The minimum atomic E-state index is -4.35. The van der Waals surface area contributed by atoms with Gasteiger partial charge >= 0.3 is 6.18 Å². The third-order valence-corrected chi connectivity index (χ3v) is 7.40. The van der Waals surface area contributed by atoms with Crippen LogP contribution in [0.15, 0.2) is 60.8 Å². The number of hydrogen-bond donors (Lipinski definition) is 1. The molecular weight excluding hydrogens is 463 g/mol. The van der Waals surface area contributed by atoms with Gasteiger partial charge in [-0.1, -0.05) is 57.2 Å². The fraction of sp³-hybridized carbons (Fsp3) is 0.379. The molecule has 0 bridgehead atoms. The Bertz CT molecular complexity index is 1270. The third-order valence-electron chi connectivity index (χ3n) is 7.40. The van der Waals surface area contributed by atoms with E-state index in [0.29, 0.717) is 24.6 Å². The lowest BCUT2D eigenvalue weighted by molar-refractivity contribution is -0.137. The average molecular weight is 494 g/mol. The molecule has 0 saturated carbocycles. The number of hydrogen-bond acceptors (Lipinski definition) is 3. The predicted molar refractivity (Wildman–Crippen MR) is 132 cm³/mol. The molecule has 0 fully saturated rings. The van der Waals surface area contributed by atoms with Crippen LogP contribution in [0.1, 0.15) is 76.7 Å². The van der Waals surface area contributed by atoms with Crippen LogP contribution in [-0.2, 0) is 25.7 Å². The van der Waals surface area contributed by atoms with Crippen molar-refractivity contribution in [3.8, 4) is 0 Å². The van der Waals surface area contributed by atoms with E-state index < -0.39 is 11.7 Å². The lowest BCUT2D eigenvalue weighted by Crippen LogP contribution is -2.30. The summed E-state index contributed by atoms with van der Waals surface area (Å²) in [6.45, 7) is 7.48. The molecule has 188 valence electrons. The highest BCUT2D eigenvalue weighted by Gasteiger charge is 2.36. The fourth-order valence-corrected chi connectivity index (χ4v) is 5.69. The number of nitrogens with zero attached hydrogens (tertiary/aromatic N) is 2. The highest BCUT2D eigenvalue weighted by atomic mass is 19.4. The van der Waals surface area contributed by atoms with Crippen molar-refractivity contribution in [2.75, 3.05) is 0 Å². The molecule has 1 aromatic heterocycles. The minimum Gasteiger partial charge on any atom is -0.345 e. The molecule has 3 atom stereocenters. The summed E-state index contributed by atoms with van der Waals surface area (Å²) in [5, 5.41) is 3.21. The van der Waals surface area contributed by atoms with Gasteiger partial charge < -0.3 is 5.32 Å². The molecule has 2 aromatic carbocycles. The molecule has 0 spiro atoms. The molecule has 5 rings (SSSR count). The van der Waals surface area contributed by atoms with Gasteiger partial charge in [-0.2, -0.15) is 13.2 Å². The number of carbonyl (C=O) groups is 1. The van der Waals surface area contributed by atoms with Crippen molar-refractivity contribution < 1.29 is 18.0 Å². The second-order valence-corrected chi connectivity index (χ2v) is 10.4. The number of alkyl halides is 3. The molecular formula is C29H30F3N3O. The second-order valence-electron chi connectivity index (χ2n) is 10.4. The number of aromatic nitrogens is 1. The highest BCUT2D eigenvalue weighted by molar-refractivity contribution is 5.94. The van der Waals surface area contributed by atoms with Crippen molar-refractivity contribution in [1.29, 1.82) is 0 Å². The minimum absolute atomic E-state index is 0.0264. The molecule has 3 aromatic rings. The van der Waals surface area contributed by atoms with Crippen LogP contribution in [0.4, 0.5) is 13.2 Å². The number of nitrogens with one attached hydrogen (secondary N) is 1. The van der Waals surface area contributed by atoms with Crippen molar-refractivity contribution in [3.05, 3.63) is 99.9 Å². The van der Waals surface area contributed by atoms with Crippen molar-refractivity contribution >= 4 is 5.91 Å². The Labute approximate surface area is 209 Å². The van der Waals surface area contributed by atoms with Gasteiger partial charge in [0.2, 0.25) is 0 Å². The average Bonchev–Trinajstić information content (AvgIpc) is 3.35. The van der Waals surface area contributed by atoms with Crippen LogP contribution in [0, 0.1) is 11.8 Å². The lowest BCUT2D eigenvalue weighted by atomic mass is 9.98. The number of pyridine rings is 1. The summed E-state index contributed by atoms with van der Waals surface area (Å²) in [5.74, 6) is 0.433. The fourth-order valence-electron chi connectivity index (χ4n) is 5.69. The number of halogens is 3. The maximum atomic E-state index is 13.2. The predicted octanol–water partition coefficient (Wildman–Crippen LogP) is 6.48. The van der Waals surface area contributed by atoms with E-state index in [1.165, 1.54) is 23.3 Å². The molecule has 0 radical (unpaired) electrons. The monoisotopic (exact) mass is 493 g/mol. The number of carbonyl (C=O) groups excluding carboxylic acids is 1. The molecule has 1 aliphatic heterocycles. The van der Waals surface area contributed by atoms with Gasteiger partial charge in [-0.25, -0.2) is 0 Å². The largest absolute Gasteiger partial charge is 0.416 e. The van der Waals surface area contributed by atoms with E-state index in [1.54, 1.807) is 6.20 Å². The van der Waals surface area contributed by atoms with Crippen molar-refractivity contribution in [2.24, 2.45) is 11.8 Å². The summed E-state index contributed by atoms with van der Waals surface area (Å²) in [6, 6.07) is 15.5. The Morgan fingerprint density at radius 3 is 2.53 bits per heavy atom. The van der Waals surface area contributed by atoms with Crippen molar-refractivity contribution in [3.63, 3.8) is 0 Å². The molecule has 2 heterocycles. The summed E-state index contributed by atoms with van der Waals surface area (Å²) in [4.78, 5) is 20.1. The van der Waals surface area contributed by atoms with Gasteiger partial charge in [0.1, 0.15) is 0 Å². The Kier molecular flexibility index (Phi) is 6.37. The van der Waals surface area contributed by atoms with Gasteiger partial charge in [0.05, 0.1) is 28.9 Å². The van der Waals surface area contributed by atoms with Gasteiger partial charge in [0.25, 0.3) is 5.91 Å². The van der Waals surface area contributed by atoms with E-state index in [0.717, 1.165) is 35.4 Å².